The standard InChI is InChI=1S/C57H34/c1-4-19-41-35(14-1)28-31-49-54-47-25-8-7-22-44(47)51-33-37(36-16-13-17-38(32-36)50-34-39-15-2-3-18-40(39)42-20-5-6-21-43(42)50)29-30-48(51)56(54)57(55(41)49)52-26-11-9-23-45(52)46-24-10-12-27-53(46)57/h1-34H. The van der Waals surface area contributed by atoms with Gasteiger partial charge in [0.1, 0.15) is 0 Å². The van der Waals surface area contributed by atoms with Gasteiger partial charge in [-0.1, -0.05) is 188 Å². The van der Waals surface area contributed by atoms with Crippen molar-refractivity contribution < 1.29 is 0 Å². The van der Waals surface area contributed by atoms with E-state index < -0.39 is 5.41 Å². The molecule has 0 fully saturated rings. The number of fused-ring (bicyclic) bond motifs is 20. The Morgan fingerprint density at radius 3 is 1.60 bits per heavy atom. The Hall–Kier alpha value is -7.28. The van der Waals surface area contributed by atoms with Crippen LogP contribution in [-0.2, 0) is 5.41 Å². The molecule has 0 amide bonds. The molecule has 0 aliphatic heterocycles. The summed E-state index contributed by atoms with van der Waals surface area (Å²) >= 11 is 0. The monoisotopic (exact) mass is 718 g/mol. The molecule has 2 aliphatic carbocycles. The lowest BCUT2D eigenvalue weighted by Gasteiger charge is -2.32. The fourth-order valence-electron chi connectivity index (χ4n) is 11.0. The van der Waals surface area contributed by atoms with E-state index in [1.807, 2.05) is 0 Å². The Morgan fingerprint density at radius 2 is 0.825 bits per heavy atom. The van der Waals surface area contributed by atoms with E-state index in [4.69, 9.17) is 0 Å². The highest BCUT2D eigenvalue weighted by Crippen LogP contribution is 2.66. The van der Waals surface area contributed by atoms with Gasteiger partial charge in [-0.3, -0.25) is 0 Å². The van der Waals surface area contributed by atoms with E-state index in [-0.39, 0.29) is 0 Å². The number of hydrogen-bond donors (Lipinski definition) is 0. The number of hydrogen-bond acceptors (Lipinski definition) is 0. The van der Waals surface area contributed by atoms with Crippen molar-refractivity contribution >= 4 is 53.9 Å². The van der Waals surface area contributed by atoms with Crippen LogP contribution >= 0.6 is 0 Å². The fraction of sp³-hybridized carbons (Fsp3) is 0.0175. The Morgan fingerprint density at radius 1 is 0.246 bits per heavy atom. The van der Waals surface area contributed by atoms with E-state index >= 15 is 0 Å². The van der Waals surface area contributed by atoms with Crippen LogP contribution in [0.15, 0.2) is 206 Å². The van der Waals surface area contributed by atoms with Crippen molar-refractivity contribution in [2.24, 2.45) is 0 Å². The second-order valence-electron chi connectivity index (χ2n) is 15.9. The zero-order valence-electron chi connectivity index (χ0n) is 31.1. The van der Waals surface area contributed by atoms with E-state index in [0.717, 1.165) is 0 Å². The molecule has 11 aromatic rings. The van der Waals surface area contributed by atoms with Crippen LogP contribution in [-0.4, -0.2) is 0 Å². The molecular formula is C57H34. The first-order chi connectivity index (χ1) is 28.3. The molecule has 0 atom stereocenters. The third-order valence-electron chi connectivity index (χ3n) is 13.2. The molecule has 262 valence electrons. The molecule has 0 saturated carbocycles. The maximum Gasteiger partial charge on any atom is 0.0737 e. The minimum atomic E-state index is -0.473. The van der Waals surface area contributed by atoms with Crippen LogP contribution in [0.25, 0.3) is 98.4 Å². The van der Waals surface area contributed by atoms with Crippen LogP contribution < -0.4 is 0 Å². The van der Waals surface area contributed by atoms with Gasteiger partial charge in [0.2, 0.25) is 0 Å². The highest BCUT2D eigenvalue weighted by atomic mass is 14.5. The van der Waals surface area contributed by atoms with E-state index in [0.29, 0.717) is 0 Å². The van der Waals surface area contributed by atoms with Gasteiger partial charge in [0.15, 0.2) is 0 Å². The lowest BCUT2D eigenvalue weighted by Crippen LogP contribution is -2.26. The van der Waals surface area contributed by atoms with Crippen LogP contribution in [0.1, 0.15) is 22.3 Å². The maximum absolute atomic E-state index is 2.47. The minimum absolute atomic E-state index is 0.473. The van der Waals surface area contributed by atoms with Gasteiger partial charge in [0, 0.05) is 0 Å². The van der Waals surface area contributed by atoms with Gasteiger partial charge in [0.25, 0.3) is 0 Å². The van der Waals surface area contributed by atoms with Crippen molar-refractivity contribution in [2.45, 2.75) is 5.41 Å². The summed E-state index contributed by atoms with van der Waals surface area (Å²) in [7, 11) is 0. The quantitative estimate of drug-likeness (QED) is 0.156. The second-order valence-corrected chi connectivity index (χ2v) is 15.9. The van der Waals surface area contributed by atoms with Gasteiger partial charge in [0.05, 0.1) is 5.41 Å². The molecule has 57 heavy (non-hydrogen) atoms. The summed E-state index contributed by atoms with van der Waals surface area (Å²) in [6.45, 7) is 0. The van der Waals surface area contributed by atoms with Gasteiger partial charge in [-0.15, -0.1) is 0 Å². The van der Waals surface area contributed by atoms with E-state index in [9.17, 15) is 0 Å². The Kier molecular flexibility index (Phi) is 6.19. The summed E-state index contributed by atoms with van der Waals surface area (Å²) in [6.07, 6.45) is 0. The van der Waals surface area contributed by atoms with Gasteiger partial charge >= 0.3 is 0 Å². The Labute approximate surface area is 330 Å². The lowest BCUT2D eigenvalue weighted by atomic mass is 9.68. The molecule has 0 N–H and O–H groups in total. The van der Waals surface area contributed by atoms with Crippen LogP contribution in [0, 0.1) is 0 Å². The predicted molar refractivity (Wildman–Crippen MR) is 241 cm³/mol. The first kappa shape index (κ1) is 31.0. The smallest absolute Gasteiger partial charge is 0.0619 e. The highest BCUT2D eigenvalue weighted by molar-refractivity contribution is 6.22. The van der Waals surface area contributed by atoms with E-state index in [2.05, 4.69) is 206 Å². The van der Waals surface area contributed by atoms with E-state index in [1.165, 1.54) is 121 Å². The molecule has 0 saturated heterocycles. The zero-order valence-corrected chi connectivity index (χ0v) is 31.1. The molecule has 0 nitrogen and oxygen atoms in total. The van der Waals surface area contributed by atoms with Crippen molar-refractivity contribution in [3.8, 4) is 44.5 Å². The molecule has 0 bridgehead atoms. The van der Waals surface area contributed by atoms with Crippen LogP contribution in [0.5, 0.6) is 0 Å². The first-order valence-electron chi connectivity index (χ1n) is 20.0. The summed E-state index contributed by atoms with van der Waals surface area (Å²) < 4.78 is 0. The van der Waals surface area contributed by atoms with Gasteiger partial charge in [-0.2, -0.15) is 0 Å². The topological polar surface area (TPSA) is 0 Å². The van der Waals surface area contributed by atoms with Crippen LogP contribution in [0.3, 0.4) is 0 Å². The summed E-state index contributed by atoms with van der Waals surface area (Å²) in [5.41, 5.74) is 15.4. The average molecular weight is 719 g/mol. The molecule has 0 unspecified atom stereocenters. The first-order valence-corrected chi connectivity index (χ1v) is 20.0. The summed E-state index contributed by atoms with van der Waals surface area (Å²) in [4.78, 5) is 0. The Balaban J connectivity index is 1.11. The van der Waals surface area contributed by atoms with E-state index in [1.54, 1.807) is 0 Å². The molecule has 13 rings (SSSR count). The Bertz CT molecular complexity index is 3480. The lowest BCUT2D eigenvalue weighted by molar-refractivity contribution is 0.809. The largest absolute Gasteiger partial charge is 0.0737 e. The SMILES string of the molecule is c1cc(-c2ccc3c4c(c5ccccc5c3c2)-c2ccc3ccccc3c2C42c3ccccc3-c3ccccc32)cc(-c2cc3ccccc3c3ccccc23)c1. The molecule has 2 aliphatic rings. The number of rotatable bonds is 2. The third kappa shape index (κ3) is 4.02. The molecule has 1 spiro atoms. The van der Waals surface area contributed by atoms with Crippen molar-refractivity contribution in [2.75, 3.05) is 0 Å². The van der Waals surface area contributed by atoms with Crippen molar-refractivity contribution in [3.05, 3.63) is 229 Å². The van der Waals surface area contributed by atoms with Gasteiger partial charge < -0.3 is 0 Å². The molecule has 0 aromatic heterocycles. The molecule has 0 heterocycles. The van der Waals surface area contributed by atoms with Crippen LogP contribution in [0.2, 0.25) is 0 Å². The van der Waals surface area contributed by atoms with Gasteiger partial charge in [-0.05, 0) is 139 Å². The highest BCUT2D eigenvalue weighted by Gasteiger charge is 2.53. The van der Waals surface area contributed by atoms with Crippen LogP contribution in [0.4, 0.5) is 0 Å². The molecule has 0 heteroatoms. The maximum atomic E-state index is 2.47. The van der Waals surface area contributed by atoms with Crippen molar-refractivity contribution in [1.82, 2.24) is 0 Å². The van der Waals surface area contributed by atoms with Gasteiger partial charge in [-0.25, -0.2) is 0 Å². The second kappa shape index (κ2) is 11.4. The average Bonchev–Trinajstić information content (AvgIpc) is 3.77. The fourth-order valence-corrected chi connectivity index (χ4v) is 11.0. The predicted octanol–water partition coefficient (Wildman–Crippen LogP) is 15.1. The van der Waals surface area contributed by atoms with Crippen molar-refractivity contribution in [1.29, 1.82) is 0 Å². The zero-order chi connectivity index (χ0) is 37.2. The normalized spacial score (nSPS) is 13.4. The summed E-state index contributed by atoms with van der Waals surface area (Å²) in [6, 6.07) is 77.6. The molecule has 0 radical (unpaired) electrons. The number of benzene rings is 11. The summed E-state index contributed by atoms with van der Waals surface area (Å²) in [5, 5.41) is 12.9. The molecule has 11 aromatic carbocycles. The summed E-state index contributed by atoms with van der Waals surface area (Å²) in [5.74, 6) is 0. The minimum Gasteiger partial charge on any atom is -0.0619 e. The van der Waals surface area contributed by atoms with Crippen molar-refractivity contribution in [3.63, 3.8) is 0 Å². The molecular weight excluding hydrogens is 685 g/mol. The third-order valence-corrected chi connectivity index (χ3v) is 13.2.